The van der Waals surface area contributed by atoms with Crippen LogP contribution in [0, 0.1) is 17.5 Å². The second kappa shape index (κ2) is 12.1. The van der Waals surface area contributed by atoms with Crippen LogP contribution in [0.3, 0.4) is 0 Å². The van der Waals surface area contributed by atoms with Crippen LogP contribution in [-0.4, -0.2) is 49.9 Å². The molecule has 3 aromatic rings. The highest BCUT2D eigenvalue weighted by Gasteiger charge is 2.36. The summed E-state index contributed by atoms with van der Waals surface area (Å²) in [4.78, 5) is 15.9. The average Bonchev–Trinajstić information content (AvgIpc) is 3.72. The van der Waals surface area contributed by atoms with E-state index in [4.69, 9.17) is 30.5 Å². The van der Waals surface area contributed by atoms with Crippen molar-refractivity contribution in [3.05, 3.63) is 87.7 Å². The van der Waals surface area contributed by atoms with Gasteiger partial charge in [0, 0.05) is 47.9 Å². The summed E-state index contributed by atoms with van der Waals surface area (Å²) < 4.78 is 62.3. The molecule has 6 rings (SSSR count). The molecule has 220 valence electrons. The fraction of sp³-hybridized carbons (Fsp3) is 0.323. The summed E-state index contributed by atoms with van der Waals surface area (Å²) in [7, 11) is 0. The molecule has 0 unspecified atom stereocenters. The van der Waals surface area contributed by atoms with E-state index in [2.05, 4.69) is 5.32 Å². The highest BCUT2D eigenvalue weighted by atomic mass is 35.5. The van der Waals surface area contributed by atoms with Crippen LogP contribution in [0.5, 0.6) is 23.0 Å². The zero-order valence-electron chi connectivity index (χ0n) is 22.6. The molecule has 7 nitrogen and oxygen atoms in total. The number of carbonyl (C=O) groups is 1. The Morgan fingerprint density at radius 2 is 1.67 bits per heavy atom. The van der Waals surface area contributed by atoms with Crippen molar-refractivity contribution in [1.82, 2.24) is 10.2 Å². The van der Waals surface area contributed by atoms with Crippen molar-refractivity contribution < 1.29 is 36.9 Å². The molecule has 3 aliphatic rings. The Morgan fingerprint density at radius 3 is 2.38 bits per heavy atom. The smallest absolute Gasteiger partial charge is 0.251 e. The number of halogens is 4. The van der Waals surface area contributed by atoms with Crippen molar-refractivity contribution in [2.75, 3.05) is 33.1 Å². The maximum atomic E-state index is 14.0. The quantitative estimate of drug-likeness (QED) is 0.293. The van der Waals surface area contributed by atoms with Crippen molar-refractivity contribution in [3.63, 3.8) is 0 Å². The van der Waals surface area contributed by atoms with Gasteiger partial charge in [0.15, 0.2) is 28.9 Å². The van der Waals surface area contributed by atoms with Crippen LogP contribution in [0.25, 0.3) is 5.57 Å². The second-order valence-electron chi connectivity index (χ2n) is 10.3. The van der Waals surface area contributed by atoms with Crippen molar-refractivity contribution >= 4 is 23.1 Å². The van der Waals surface area contributed by atoms with Gasteiger partial charge in [-0.1, -0.05) is 23.7 Å². The SMILES string of the molecule is O=C(C1=C(c2ccc(OCCOc3c(F)cc(F)cc3F)cc2)CCNC1)N(Cc1cc2c(cc1Cl)OCO2)C1CC1. The van der Waals surface area contributed by atoms with Gasteiger partial charge in [0.25, 0.3) is 5.91 Å². The van der Waals surface area contributed by atoms with Crippen LogP contribution in [0.4, 0.5) is 13.2 Å². The largest absolute Gasteiger partial charge is 0.490 e. The summed E-state index contributed by atoms with van der Waals surface area (Å²) in [5, 5.41) is 3.86. The number of amides is 1. The van der Waals surface area contributed by atoms with Crippen LogP contribution >= 0.6 is 11.6 Å². The van der Waals surface area contributed by atoms with Gasteiger partial charge in [-0.15, -0.1) is 0 Å². The third-order valence-electron chi connectivity index (χ3n) is 7.37. The van der Waals surface area contributed by atoms with E-state index in [0.717, 1.165) is 41.7 Å². The minimum absolute atomic E-state index is 0.0186. The average molecular weight is 601 g/mol. The van der Waals surface area contributed by atoms with Gasteiger partial charge < -0.3 is 29.2 Å². The third-order valence-corrected chi connectivity index (χ3v) is 7.72. The fourth-order valence-corrected chi connectivity index (χ4v) is 5.33. The molecule has 0 spiro atoms. The molecule has 11 heteroatoms. The fourth-order valence-electron chi connectivity index (χ4n) is 5.12. The highest BCUT2D eigenvalue weighted by molar-refractivity contribution is 6.31. The Labute approximate surface area is 245 Å². The first-order valence-electron chi connectivity index (χ1n) is 13.7. The standard InChI is InChI=1S/C31H28ClF3N2O5/c32-25-14-29-28(41-17-42-29)11-19(25)16-37(21-3-4-21)31(38)24-15-36-8-7-23(24)18-1-5-22(6-2-18)39-9-10-40-30-26(34)12-20(33)13-27(30)35/h1-2,5-6,11-14,21,36H,3-4,7-10,15-17H2. The number of nitrogens with zero attached hydrogens (tertiary/aromatic N) is 1. The molecule has 1 N–H and O–H groups in total. The molecule has 3 aromatic carbocycles. The Kier molecular flexibility index (Phi) is 8.17. The van der Waals surface area contributed by atoms with Crippen molar-refractivity contribution in [1.29, 1.82) is 0 Å². The molecule has 0 radical (unpaired) electrons. The number of nitrogens with one attached hydrogen (secondary N) is 1. The molecule has 0 aromatic heterocycles. The predicted octanol–water partition coefficient (Wildman–Crippen LogP) is 5.88. The second-order valence-corrected chi connectivity index (χ2v) is 10.7. The first kappa shape index (κ1) is 28.2. The van der Waals surface area contributed by atoms with Crippen LogP contribution in [0.1, 0.15) is 30.4 Å². The number of ether oxygens (including phenoxy) is 4. The Hall–Kier alpha value is -3.89. The topological polar surface area (TPSA) is 69.3 Å². The molecule has 42 heavy (non-hydrogen) atoms. The van der Waals surface area contributed by atoms with Gasteiger partial charge in [0.05, 0.1) is 0 Å². The van der Waals surface area contributed by atoms with E-state index in [1.54, 1.807) is 18.2 Å². The predicted molar refractivity (Wildman–Crippen MR) is 149 cm³/mol. The molecular weight excluding hydrogens is 573 g/mol. The Morgan fingerprint density at radius 1 is 0.976 bits per heavy atom. The molecule has 0 saturated heterocycles. The maximum Gasteiger partial charge on any atom is 0.251 e. The highest BCUT2D eigenvalue weighted by Crippen LogP contribution is 2.39. The zero-order valence-corrected chi connectivity index (χ0v) is 23.3. The summed E-state index contributed by atoms with van der Waals surface area (Å²) in [6.45, 7) is 1.60. The lowest BCUT2D eigenvalue weighted by atomic mass is 9.93. The first-order chi connectivity index (χ1) is 20.4. The Balaban J connectivity index is 1.13. The molecule has 2 heterocycles. The molecule has 2 aliphatic heterocycles. The molecular formula is C31H28ClF3N2O5. The van der Waals surface area contributed by atoms with E-state index in [1.807, 2.05) is 23.1 Å². The van der Waals surface area contributed by atoms with Gasteiger partial charge in [-0.2, -0.15) is 0 Å². The number of fused-ring (bicyclic) bond motifs is 1. The minimum atomic E-state index is -1.11. The zero-order chi connectivity index (χ0) is 29.2. The van der Waals surface area contributed by atoms with E-state index in [0.29, 0.717) is 53.9 Å². The number of hydrogen-bond acceptors (Lipinski definition) is 6. The van der Waals surface area contributed by atoms with Gasteiger partial charge >= 0.3 is 0 Å². The lowest BCUT2D eigenvalue weighted by molar-refractivity contribution is -0.128. The molecule has 1 fully saturated rings. The molecule has 1 saturated carbocycles. The number of rotatable bonds is 10. The first-order valence-corrected chi connectivity index (χ1v) is 14.1. The number of benzene rings is 3. The maximum absolute atomic E-state index is 14.0. The molecule has 1 amide bonds. The van der Waals surface area contributed by atoms with Crippen LogP contribution in [0.15, 0.2) is 54.1 Å². The molecule has 0 atom stereocenters. The van der Waals surface area contributed by atoms with Crippen LogP contribution in [0.2, 0.25) is 5.02 Å². The van der Waals surface area contributed by atoms with E-state index in [-0.39, 0.29) is 32.0 Å². The molecule has 0 bridgehead atoms. The minimum Gasteiger partial charge on any atom is -0.490 e. The number of hydrogen-bond donors (Lipinski definition) is 1. The molecule has 1 aliphatic carbocycles. The van der Waals surface area contributed by atoms with Crippen LogP contribution < -0.4 is 24.3 Å². The normalized spacial score (nSPS) is 16.0. The third kappa shape index (κ3) is 6.15. The van der Waals surface area contributed by atoms with E-state index >= 15 is 0 Å². The van der Waals surface area contributed by atoms with Crippen molar-refractivity contribution in [2.24, 2.45) is 0 Å². The lowest BCUT2D eigenvalue weighted by Gasteiger charge is -2.28. The van der Waals surface area contributed by atoms with Gasteiger partial charge in [-0.05, 0) is 60.7 Å². The van der Waals surface area contributed by atoms with Crippen molar-refractivity contribution in [3.8, 4) is 23.0 Å². The van der Waals surface area contributed by atoms with Gasteiger partial charge in [0.1, 0.15) is 24.8 Å². The van der Waals surface area contributed by atoms with Gasteiger partial charge in [-0.25, -0.2) is 13.2 Å². The van der Waals surface area contributed by atoms with E-state index in [9.17, 15) is 18.0 Å². The monoisotopic (exact) mass is 600 g/mol. The summed E-state index contributed by atoms with van der Waals surface area (Å²) in [6.07, 6.45) is 2.58. The van der Waals surface area contributed by atoms with Crippen LogP contribution in [-0.2, 0) is 11.3 Å². The van der Waals surface area contributed by atoms with Crippen molar-refractivity contribution in [2.45, 2.75) is 31.8 Å². The van der Waals surface area contributed by atoms with Gasteiger partial charge in [0.2, 0.25) is 6.79 Å². The lowest BCUT2D eigenvalue weighted by Crippen LogP contribution is -2.39. The summed E-state index contributed by atoms with van der Waals surface area (Å²) in [5.74, 6) is -2.16. The van der Waals surface area contributed by atoms with E-state index < -0.39 is 23.2 Å². The van der Waals surface area contributed by atoms with E-state index in [1.165, 1.54) is 0 Å². The summed E-state index contributed by atoms with van der Waals surface area (Å²) >= 11 is 6.54. The van der Waals surface area contributed by atoms with Gasteiger partial charge in [-0.3, -0.25) is 4.79 Å². The summed E-state index contributed by atoms with van der Waals surface area (Å²) in [5.41, 5.74) is 3.41. The Bertz CT molecular complexity index is 1500. The number of carbonyl (C=O) groups excluding carboxylic acids is 1. The summed E-state index contributed by atoms with van der Waals surface area (Å²) in [6, 6.07) is 12.2.